The number of pyridine rings is 1. The molecule has 0 aromatic carbocycles. The molecule has 1 aromatic rings. The van der Waals surface area contributed by atoms with Crippen LogP contribution >= 0.6 is 0 Å². The summed E-state index contributed by atoms with van der Waals surface area (Å²) in [5.41, 5.74) is -0.432. The van der Waals surface area contributed by atoms with E-state index in [2.05, 4.69) is 15.6 Å². The predicted molar refractivity (Wildman–Crippen MR) is 98.6 cm³/mol. The first-order valence-electron chi connectivity index (χ1n) is 8.67. The zero-order chi connectivity index (χ0) is 21.3. The number of amides is 2. The van der Waals surface area contributed by atoms with E-state index in [1.165, 1.54) is 18.3 Å². The number of ether oxygens (including phenoxy) is 3. The van der Waals surface area contributed by atoms with E-state index in [-0.39, 0.29) is 18.9 Å². The Morgan fingerprint density at radius 1 is 1.04 bits per heavy atom. The molecule has 10 nitrogen and oxygen atoms in total. The van der Waals surface area contributed by atoms with Gasteiger partial charge in [-0.3, -0.25) is 10.1 Å². The van der Waals surface area contributed by atoms with Crippen molar-refractivity contribution in [2.75, 3.05) is 18.5 Å². The minimum absolute atomic E-state index is 0.0356. The third-order valence-electron chi connectivity index (χ3n) is 2.96. The molecule has 0 aliphatic heterocycles. The summed E-state index contributed by atoms with van der Waals surface area (Å²) < 4.78 is 14.7. The average molecular weight is 395 g/mol. The molecule has 0 fully saturated rings. The lowest BCUT2D eigenvalue weighted by molar-refractivity contribution is -0.157. The van der Waals surface area contributed by atoms with Crippen LogP contribution in [0.1, 0.15) is 45.1 Å². The Kier molecular flexibility index (Phi) is 8.36. The molecular formula is C18H25N3O7. The summed E-state index contributed by atoms with van der Waals surface area (Å²) in [6.07, 6.45) is 0.568. The highest BCUT2D eigenvalue weighted by atomic mass is 16.6. The summed E-state index contributed by atoms with van der Waals surface area (Å²) >= 11 is 0. The second kappa shape index (κ2) is 10.2. The fourth-order valence-electron chi connectivity index (χ4n) is 1.89. The van der Waals surface area contributed by atoms with Crippen LogP contribution < -0.4 is 10.6 Å². The molecule has 1 aromatic heterocycles. The van der Waals surface area contributed by atoms with Gasteiger partial charge in [0.25, 0.3) is 5.91 Å². The van der Waals surface area contributed by atoms with E-state index in [0.717, 1.165) is 0 Å². The summed E-state index contributed by atoms with van der Waals surface area (Å²) in [4.78, 5) is 51.7. The monoisotopic (exact) mass is 395 g/mol. The van der Waals surface area contributed by atoms with Gasteiger partial charge in [-0.1, -0.05) is 0 Å². The topological polar surface area (TPSA) is 133 Å². The van der Waals surface area contributed by atoms with Crippen molar-refractivity contribution < 1.29 is 33.4 Å². The maximum atomic E-state index is 12.3. The third kappa shape index (κ3) is 7.60. The summed E-state index contributed by atoms with van der Waals surface area (Å²) in [6, 6.07) is 1.14. The fraction of sp³-hybridized carbons (Fsp3) is 0.500. The van der Waals surface area contributed by atoms with Crippen LogP contribution in [-0.2, 0) is 23.8 Å². The second-order valence-electron chi connectivity index (χ2n) is 6.47. The lowest BCUT2D eigenvalue weighted by Gasteiger charge is -2.19. The van der Waals surface area contributed by atoms with Gasteiger partial charge in [0, 0.05) is 0 Å². The lowest BCUT2D eigenvalue weighted by Crippen LogP contribution is -2.48. The SMILES string of the molecule is CCOC(=O)C(NC(=O)c1ccc(NC(=O)OC(C)(C)C)cn1)C(=O)OCC. The van der Waals surface area contributed by atoms with E-state index >= 15 is 0 Å². The normalized spacial score (nSPS) is 10.8. The molecule has 2 amide bonds. The van der Waals surface area contributed by atoms with Crippen LogP contribution in [0.5, 0.6) is 0 Å². The van der Waals surface area contributed by atoms with Gasteiger partial charge in [0.05, 0.1) is 25.1 Å². The number of anilines is 1. The molecule has 0 aliphatic rings. The van der Waals surface area contributed by atoms with Gasteiger partial charge in [0.1, 0.15) is 11.3 Å². The number of nitrogens with zero attached hydrogens (tertiary/aromatic N) is 1. The summed E-state index contributed by atoms with van der Waals surface area (Å²) in [6.45, 7) is 8.38. The molecule has 0 radical (unpaired) electrons. The van der Waals surface area contributed by atoms with Crippen LogP contribution in [0, 0.1) is 0 Å². The first-order chi connectivity index (χ1) is 13.1. The van der Waals surface area contributed by atoms with Gasteiger partial charge in [-0.05, 0) is 46.8 Å². The van der Waals surface area contributed by atoms with Crippen LogP contribution in [0.3, 0.4) is 0 Å². The molecule has 0 bridgehead atoms. The van der Waals surface area contributed by atoms with Crippen molar-refractivity contribution in [2.45, 2.75) is 46.3 Å². The Morgan fingerprint density at radius 3 is 2.04 bits per heavy atom. The van der Waals surface area contributed by atoms with E-state index in [1.54, 1.807) is 34.6 Å². The minimum Gasteiger partial charge on any atom is -0.464 e. The van der Waals surface area contributed by atoms with E-state index < -0.39 is 35.6 Å². The largest absolute Gasteiger partial charge is 0.464 e. The van der Waals surface area contributed by atoms with Crippen LogP contribution in [0.25, 0.3) is 0 Å². The quantitative estimate of drug-likeness (QED) is 0.404. The Balaban J connectivity index is 2.80. The first-order valence-corrected chi connectivity index (χ1v) is 8.67. The standard InChI is InChI=1S/C18H25N3O7/c1-6-26-15(23)13(16(24)27-7-2)21-14(22)12-9-8-11(10-19-12)20-17(25)28-18(3,4)5/h8-10,13H,6-7H2,1-5H3,(H,20,25)(H,21,22). The van der Waals surface area contributed by atoms with Crippen molar-refractivity contribution >= 4 is 29.6 Å². The summed E-state index contributed by atoms with van der Waals surface area (Å²) in [7, 11) is 0. The molecule has 1 rings (SSSR count). The number of nitrogens with one attached hydrogen (secondary N) is 2. The molecule has 0 unspecified atom stereocenters. The van der Waals surface area contributed by atoms with Gasteiger partial charge in [-0.25, -0.2) is 19.4 Å². The smallest absolute Gasteiger partial charge is 0.412 e. The van der Waals surface area contributed by atoms with Gasteiger partial charge in [-0.2, -0.15) is 0 Å². The van der Waals surface area contributed by atoms with E-state index in [9.17, 15) is 19.2 Å². The fourth-order valence-corrected chi connectivity index (χ4v) is 1.89. The summed E-state index contributed by atoms with van der Waals surface area (Å²) in [5, 5.41) is 4.70. The van der Waals surface area contributed by atoms with E-state index in [4.69, 9.17) is 14.2 Å². The lowest BCUT2D eigenvalue weighted by atomic mass is 10.2. The van der Waals surface area contributed by atoms with Gasteiger partial charge < -0.3 is 19.5 Å². The van der Waals surface area contributed by atoms with Crippen LogP contribution in [0.2, 0.25) is 0 Å². The highest BCUT2D eigenvalue weighted by Gasteiger charge is 2.31. The molecule has 154 valence electrons. The molecule has 28 heavy (non-hydrogen) atoms. The molecule has 10 heteroatoms. The zero-order valence-electron chi connectivity index (χ0n) is 16.5. The number of carbonyl (C=O) groups excluding carboxylic acids is 4. The van der Waals surface area contributed by atoms with Gasteiger partial charge in [0.15, 0.2) is 0 Å². The van der Waals surface area contributed by atoms with Crippen LogP contribution in [0.4, 0.5) is 10.5 Å². The number of hydrogen-bond donors (Lipinski definition) is 2. The number of carbonyl (C=O) groups is 4. The van der Waals surface area contributed by atoms with Crippen molar-refractivity contribution in [3.63, 3.8) is 0 Å². The maximum absolute atomic E-state index is 12.3. The average Bonchev–Trinajstić information content (AvgIpc) is 2.58. The molecular weight excluding hydrogens is 370 g/mol. The van der Waals surface area contributed by atoms with E-state index in [0.29, 0.717) is 5.69 Å². The van der Waals surface area contributed by atoms with Crippen molar-refractivity contribution in [3.8, 4) is 0 Å². The molecule has 0 atom stereocenters. The molecule has 2 N–H and O–H groups in total. The summed E-state index contributed by atoms with van der Waals surface area (Å²) in [5.74, 6) is -2.65. The van der Waals surface area contributed by atoms with Crippen molar-refractivity contribution in [1.29, 1.82) is 0 Å². The van der Waals surface area contributed by atoms with Gasteiger partial charge >= 0.3 is 18.0 Å². The molecule has 1 heterocycles. The predicted octanol–water partition coefficient (Wildman–Crippen LogP) is 1.65. The minimum atomic E-state index is -1.60. The van der Waals surface area contributed by atoms with Crippen LogP contribution in [0.15, 0.2) is 18.3 Å². The highest BCUT2D eigenvalue weighted by Crippen LogP contribution is 2.11. The number of esters is 2. The van der Waals surface area contributed by atoms with Crippen molar-refractivity contribution in [1.82, 2.24) is 10.3 Å². The van der Waals surface area contributed by atoms with E-state index in [1.807, 2.05) is 0 Å². The Bertz CT molecular complexity index is 693. The Hall–Kier alpha value is -3.17. The third-order valence-corrected chi connectivity index (χ3v) is 2.96. The number of aromatic nitrogens is 1. The molecule has 0 aliphatic carbocycles. The number of rotatable bonds is 7. The van der Waals surface area contributed by atoms with Gasteiger partial charge in [-0.15, -0.1) is 0 Å². The Morgan fingerprint density at radius 2 is 1.61 bits per heavy atom. The van der Waals surface area contributed by atoms with Crippen molar-refractivity contribution in [3.05, 3.63) is 24.0 Å². The highest BCUT2D eigenvalue weighted by molar-refractivity contribution is 6.05. The number of hydrogen-bond acceptors (Lipinski definition) is 8. The van der Waals surface area contributed by atoms with Gasteiger partial charge in [0.2, 0.25) is 6.04 Å². The molecule has 0 saturated carbocycles. The molecule has 0 spiro atoms. The Labute approximate surface area is 162 Å². The maximum Gasteiger partial charge on any atom is 0.412 e. The van der Waals surface area contributed by atoms with Crippen LogP contribution in [-0.4, -0.2) is 53.8 Å². The first kappa shape index (κ1) is 22.9. The zero-order valence-corrected chi connectivity index (χ0v) is 16.5. The van der Waals surface area contributed by atoms with Crippen molar-refractivity contribution in [2.24, 2.45) is 0 Å². The second-order valence-corrected chi connectivity index (χ2v) is 6.47. The molecule has 0 saturated heterocycles.